The lowest BCUT2D eigenvalue weighted by Gasteiger charge is -2.20. The Morgan fingerprint density at radius 2 is 2.09 bits per heavy atom. The highest BCUT2D eigenvalue weighted by molar-refractivity contribution is 5.90. The number of nitrogens with zero attached hydrogens (tertiary/aromatic N) is 2. The summed E-state index contributed by atoms with van der Waals surface area (Å²) < 4.78 is 13.4. The second kappa shape index (κ2) is 6.07. The number of carbonyl (C=O) groups excluding carboxylic acids is 1. The number of amides is 1. The molecule has 1 aliphatic rings. The average Bonchev–Trinajstić information content (AvgIpc) is 2.47. The highest BCUT2D eigenvalue weighted by atomic mass is 19.1. The van der Waals surface area contributed by atoms with Crippen molar-refractivity contribution in [2.24, 2.45) is 5.92 Å². The van der Waals surface area contributed by atoms with E-state index in [-0.39, 0.29) is 11.7 Å². The molecule has 1 aromatic heterocycles. The van der Waals surface area contributed by atoms with Crippen LogP contribution in [-0.4, -0.2) is 15.9 Å². The van der Waals surface area contributed by atoms with Crippen LogP contribution in [0.5, 0.6) is 0 Å². The van der Waals surface area contributed by atoms with Crippen molar-refractivity contribution in [3.63, 3.8) is 0 Å². The van der Waals surface area contributed by atoms with Gasteiger partial charge in [-0.2, -0.15) is 0 Å². The lowest BCUT2D eigenvalue weighted by Crippen LogP contribution is -2.18. The molecule has 4 nitrogen and oxygen atoms in total. The zero-order valence-electron chi connectivity index (χ0n) is 13.6. The van der Waals surface area contributed by atoms with Crippen LogP contribution < -0.4 is 5.32 Å². The minimum Gasteiger partial charge on any atom is -0.309 e. The van der Waals surface area contributed by atoms with E-state index in [4.69, 9.17) is 0 Å². The first-order valence-electron chi connectivity index (χ1n) is 7.90. The second-order valence-electron chi connectivity index (χ2n) is 6.40. The molecule has 0 radical (unpaired) electrons. The number of benzene rings is 1. The Balaban J connectivity index is 1.94. The number of anilines is 1. The van der Waals surface area contributed by atoms with E-state index in [9.17, 15) is 9.18 Å². The van der Waals surface area contributed by atoms with E-state index in [0.29, 0.717) is 30.3 Å². The summed E-state index contributed by atoms with van der Waals surface area (Å²) in [6.07, 6.45) is 1.89. The third kappa shape index (κ3) is 3.23. The molecule has 0 fully saturated rings. The van der Waals surface area contributed by atoms with Gasteiger partial charge in [0.2, 0.25) is 5.91 Å². The predicted molar refractivity (Wildman–Crippen MR) is 87.7 cm³/mol. The molecule has 1 aromatic carbocycles. The van der Waals surface area contributed by atoms with Gasteiger partial charge in [-0.1, -0.05) is 13.8 Å². The fourth-order valence-corrected chi connectivity index (χ4v) is 2.87. The number of hydrogen-bond acceptors (Lipinski definition) is 3. The Morgan fingerprint density at radius 1 is 1.30 bits per heavy atom. The summed E-state index contributed by atoms with van der Waals surface area (Å²) in [5, 5.41) is 2.85. The van der Waals surface area contributed by atoms with Crippen LogP contribution in [0.2, 0.25) is 0 Å². The van der Waals surface area contributed by atoms with Crippen molar-refractivity contribution in [3.8, 4) is 11.3 Å². The molecule has 23 heavy (non-hydrogen) atoms. The molecule has 2 aromatic rings. The summed E-state index contributed by atoms with van der Waals surface area (Å²) in [7, 11) is 0. The Labute approximate surface area is 135 Å². The highest BCUT2D eigenvalue weighted by Gasteiger charge is 2.21. The first kappa shape index (κ1) is 15.6. The summed E-state index contributed by atoms with van der Waals surface area (Å²) in [6.45, 7) is 5.83. The van der Waals surface area contributed by atoms with E-state index in [0.717, 1.165) is 28.9 Å². The van der Waals surface area contributed by atoms with Gasteiger partial charge in [0, 0.05) is 12.0 Å². The maximum Gasteiger partial charge on any atom is 0.225 e. The fourth-order valence-electron chi connectivity index (χ4n) is 2.87. The fraction of sp³-hybridized carbons (Fsp3) is 0.389. The third-order valence-corrected chi connectivity index (χ3v) is 3.95. The van der Waals surface area contributed by atoms with Gasteiger partial charge in [0.15, 0.2) is 5.82 Å². The number of aryl methyl sites for hydroxylation is 3. The Morgan fingerprint density at radius 3 is 2.83 bits per heavy atom. The molecule has 3 rings (SSSR count). The van der Waals surface area contributed by atoms with Crippen molar-refractivity contribution in [1.29, 1.82) is 0 Å². The van der Waals surface area contributed by atoms with Gasteiger partial charge >= 0.3 is 0 Å². The maximum absolute atomic E-state index is 13.4. The summed E-state index contributed by atoms with van der Waals surface area (Å²) >= 11 is 0. The zero-order chi connectivity index (χ0) is 16.6. The number of aromatic nitrogens is 2. The van der Waals surface area contributed by atoms with Gasteiger partial charge in [-0.15, -0.1) is 0 Å². The minimum absolute atomic E-state index is 0.0457. The van der Waals surface area contributed by atoms with Crippen molar-refractivity contribution >= 4 is 11.7 Å². The zero-order valence-corrected chi connectivity index (χ0v) is 13.6. The standard InChI is InChI=1S/C18H20FN3O/c1-10(2)8-16(23)22-18-11(3)20-17-14-6-5-13(19)9-12(14)4-7-15(17)21-18/h5-6,9-10H,4,7-8H2,1-3H3,(H,21,22,23). The number of rotatable bonds is 3. The van der Waals surface area contributed by atoms with Gasteiger partial charge in [-0.3, -0.25) is 4.79 Å². The van der Waals surface area contributed by atoms with Crippen LogP contribution in [0, 0.1) is 18.7 Å². The third-order valence-electron chi connectivity index (χ3n) is 3.95. The largest absolute Gasteiger partial charge is 0.309 e. The number of fused-ring (bicyclic) bond motifs is 3. The molecule has 1 amide bonds. The molecular formula is C18H20FN3O. The predicted octanol–water partition coefficient (Wildman–Crippen LogP) is 3.67. The molecule has 0 spiro atoms. The van der Waals surface area contributed by atoms with Crippen LogP contribution >= 0.6 is 0 Å². The van der Waals surface area contributed by atoms with Crippen LogP contribution in [0.3, 0.4) is 0 Å². The molecule has 1 N–H and O–H groups in total. The summed E-state index contributed by atoms with van der Waals surface area (Å²) in [5.41, 5.74) is 4.23. The number of halogens is 1. The lowest BCUT2D eigenvalue weighted by molar-refractivity contribution is -0.116. The molecule has 0 bridgehead atoms. The van der Waals surface area contributed by atoms with E-state index >= 15 is 0 Å². The SMILES string of the molecule is Cc1nc2c(nc1NC(=O)CC(C)C)CCc1cc(F)ccc1-2. The van der Waals surface area contributed by atoms with E-state index < -0.39 is 0 Å². The van der Waals surface area contributed by atoms with E-state index in [2.05, 4.69) is 15.3 Å². The molecule has 1 aliphatic carbocycles. The van der Waals surface area contributed by atoms with Gasteiger partial charge < -0.3 is 5.32 Å². The quantitative estimate of drug-likeness (QED) is 0.940. The summed E-state index contributed by atoms with van der Waals surface area (Å²) in [4.78, 5) is 21.2. The number of nitrogens with one attached hydrogen (secondary N) is 1. The van der Waals surface area contributed by atoms with Gasteiger partial charge in [0.05, 0.1) is 17.1 Å². The monoisotopic (exact) mass is 313 g/mol. The average molecular weight is 313 g/mol. The number of hydrogen-bond donors (Lipinski definition) is 1. The van der Waals surface area contributed by atoms with Crippen LogP contribution in [0.4, 0.5) is 10.2 Å². The van der Waals surface area contributed by atoms with Crippen LogP contribution in [0.25, 0.3) is 11.3 Å². The highest BCUT2D eigenvalue weighted by Crippen LogP contribution is 2.32. The van der Waals surface area contributed by atoms with Crippen LogP contribution in [-0.2, 0) is 17.6 Å². The topological polar surface area (TPSA) is 54.9 Å². The number of carbonyl (C=O) groups is 1. The maximum atomic E-state index is 13.4. The smallest absolute Gasteiger partial charge is 0.225 e. The molecule has 1 heterocycles. The van der Waals surface area contributed by atoms with Gasteiger partial charge in [-0.05, 0) is 49.4 Å². The molecule has 0 aliphatic heterocycles. The summed E-state index contributed by atoms with van der Waals surface area (Å²) in [5.74, 6) is 0.549. The Kier molecular flexibility index (Phi) is 4.11. The second-order valence-corrected chi connectivity index (χ2v) is 6.40. The van der Waals surface area contributed by atoms with E-state index in [1.807, 2.05) is 20.8 Å². The first-order valence-corrected chi connectivity index (χ1v) is 7.90. The normalized spacial score (nSPS) is 12.7. The van der Waals surface area contributed by atoms with Crippen molar-refractivity contribution < 1.29 is 9.18 Å². The molecule has 0 atom stereocenters. The Bertz CT molecular complexity index is 771. The van der Waals surface area contributed by atoms with Gasteiger partial charge in [0.25, 0.3) is 0 Å². The molecular weight excluding hydrogens is 293 g/mol. The molecule has 5 heteroatoms. The first-order chi connectivity index (χ1) is 10.9. The van der Waals surface area contributed by atoms with Gasteiger partial charge in [-0.25, -0.2) is 14.4 Å². The van der Waals surface area contributed by atoms with Crippen LogP contribution in [0.15, 0.2) is 18.2 Å². The lowest BCUT2D eigenvalue weighted by atomic mass is 9.91. The molecule has 0 saturated carbocycles. The molecule has 0 saturated heterocycles. The summed E-state index contributed by atoms with van der Waals surface area (Å²) in [6, 6.07) is 4.77. The van der Waals surface area contributed by atoms with Crippen LogP contribution in [0.1, 0.15) is 37.2 Å². The minimum atomic E-state index is -0.227. The van der Waals surface area contributed by atoms with E-state index in [1.54, 1.807) is 12.1 Å². The molecule has 0 unspecified atom stereocenters. The van der Waals surface area contributed by atoms with E-state index in [1.165, 1.54) is 6.07 Å². The van der Waals surface area contributed by atoms with Crippen molar-refractivity contribution in [2.45, 2.75) is 40.0 Å². The molecule has 120 valence electrons. The van der Waals surface area contributed by atoms with Crippen molar-refractivity contribution in [1.82, 2.24) is 9.97 Å². The van der Waals surface area contributed by atoms with Crippen molar-refractivity contribution in [2.75, 3.05) is 5.32 Å². The van der Waals surface area contributed by atoms with Gasteiger partial charge in [0.1, 0.15) is 5.82 Å². The Hall–Kier alpha value is -2.30. The van der Waals surface area contributed by atoms with Crippen molar-refractivity contribution in [3.05, 3.63) is 41.0 Å².